The highest BCUT2D eigenvalue weighted by Crippen LogP contribution is 2.16. The van der Waals surface area contributed by atoms with Crippen molar-refractivity contribution >= 4 is 11.9 Å². The molecule has 6 nitrogen and oxygen atoms in total. The van der Waals surface area contributed by atoms with Crippen LogP contribution in [0.1, 0.15) is 309 Å². The van der Waals surface area contributed by atoms with Crippen LogP contribution in [0.25, 0.3) is 0 Å². The Bertz CT molecular complexity index is 1150. The van der Waals surface area contributed by atoms with E-state index in [1.807, 2.05) is 6.08 Å². The van der Waals surface area contributed by atoms with Crippen LogP contribution >= 0.6 is 0 Å². The molecule has 0 aliphatic heterocycles. The minimum absolute atomic E-state index is 0.0196. The molecule has 0 aromatic heterocycles. The van der Waals surface area contributed by atoms with Crippen molar-refractivity contribution in [1.29, 1.82) is 0 Å². The first-order valence-corrected chi connectivity index (χ1v) is 29.9. The first-order chi connectivity index (χ1) is 33.5. The van der Waals surface area contributed by atoms with Gasteiger partial charge >= 0.3 is 5.97 Å². The Morgan fingerprint density at radius 3 is 1.13 bits per heavy atom. The van der Waals surface area contributed by atoms with Crippen LogP contribution in [0, 0.1) is 0 Å². The Morgan fingerprint density at radius 2 is 0.735 bits per heavy atom. The maximum absolute atomic E-state index is 12.5. The summed E-state index contributed by atoms with van der Waals surface area (Å²) in [7, 11) is 0. The molecular formula is C62H115NO5. The molecule has 398 valence electrons. The number of carbonyl (C=O) groups is 2. The summed E-state index contributed by atoms with van der Waals surface area (Å²) in [4.78, 5) is 24.5. The third-order valence-electron chi connectivity index (χ3n) is 13.6. The molecule has 2 unspecified atom stereocenters. The zero-order valence-corrected chi connectivity index (χ0v) is 45.3. The minimum Gasteiger partial charge on any atom is -0.466 e. The Morgan fingerprint density at radius 1 is 0.412 bits per heavy atom. The number of aliphatic hydroxyl groups excluding tert-OH is 2. The Balaban J connectivity index is 3.52. The third-order valence-corrected chi connectivity index (χ3v) is 13.6. The quantitative estimate of drug-likeness (QED) is 0.0321. The van der Waals surface area contributed by atoms with Crippen LogP contribution in [-0.2, 0) is 14.3 Å². The molecule has 3 N–H and O–H groups in total. The summed E-state index contributed by atoms with van der Waals surface area (Å²) in [5, 5.41) is 23.1. The smallest absolute Gasteiger partial charge is 0.305 e. The summed E-state index contributed by atoms with van der Waals surface area (Å²) in [5.41, 5.74) is 0. The number of rotatable bonds is 55. The van der Waals surface area contributed by atoms with Gasteiger partial charge in [-0.3, -0.25) is 9.59 Å². The molecule has 0 saturated heterocycles. The van der Waals surface area contributed by atoms with Gasteiger partial charge in [-0.1, -0.05) is 249 Å². The second kappa shape index (κ2) is 57.4. The molecule has 0 heterocycles. The number of esters is 1. The van der Waals surface area contributed by atoms with E-state index in [4.69, 9.17) is 4.74 Å². The van der Waals surface area contributed by atoms with E-state index in [9.17, 15) is 19.8 Å². The fraction of sp³-hybridized carbons (Fsp3) is 0.839. The molecule has 0 aromatic rings. The molecule has 0 saturated carbocycles. The van der Waals surface area contributed by atoms with E-state index in [0.717, 1.165) is 83.5 Å². The van der Waals surface area contributed by atoms with Gasteiger partial charge in [-0.25, -0.2) is 0 Å². The van der Waals surface area contributed by atoms with Crippen LogP contribution in [0.3, 0.4) is 0 Å². The van der Waals surface area contributed by atoms with E-state index >= 15 is 0 Å². The molecule has 0 aromatic carbocycles. The summed E-state index contributed by atoms with van der Waals surface area (Å²) >= 11 is 0. The first-order valence-electron chi connectivity index (χ1n) is 29.9. The van der Waals surface area contributed by atoms with E-state index in [-0.39, 0.29) is 18.5 Å². The molecule has 1 amide bonds. The number of amides is 1. The van der Waals surface area contributed by atoms with Crippen molar-refractivity contribution in [2.24, 2.45) is 0 Å². The van der Waals surface area contributed by atoms with Gasteiger partial charge in [0.15, 0.2) is 0 Å². The molecular weight excluding hydrogens is 839 g/mol. The zero-order valence-electron chi connectivity index (χ0n) is 45.3. The van der Waals surface area contributed by atoms with Gasteiger partial charge in [-0.15, -0.1) is 0 Å². The molecule has 68 heavy (non-hydrogen) atoms. The van der Waals surface area contributed by atoms with Crippen molar-refractivity contribution in [3.05, 3.63) is 48.6 Å². The molecule has 0 fully saturated rings. The maximum Gasteiger partial charge on any atom is 0.305 e. The topological polar surface area (TPSA) is 95.9 Å². The van der Waals surface area contributed by atoms with Gasteiger partial charge in [-0.05, 0) is 96.3 Å². The average molecular weight is 955 g/mol. The highest BCUT2D eigenvalue weighted by Gasteiger charge is 2.18. The summed E-state index contributed by atoms with van der Waals surface area (Å²) in [6, 6.07) is -0.641. The second-order valence-electron chi connectivity index (χ2n) is 20.3. The predicted molar refractivity (Wildman–Crippen MR) is 296 cm³/mol. The molecule has 0 aliphatic rings. The number of carbonyl (C=O) groups excluding carboxylic acids is 2. The Kier molecular flexibility index (Phi) is 55.6. The lowest BCUT2D eigenvalue weighted by Crippen LogP contribution is -2.45. The van der Waals surface area contributed by atoms with E-state index in [1.165, 1.54) is 199 Å². The van der Waals surface area contributed by atoms with Crippen molar-refractivity contribution in [3.8, 4) is 0 Å². The van der Waals surface area contributed by atoms with E-state index < -0.39 is 12.1 Å². The largest absolute Gasteiger partial charge is 0.466 e. The molecule has 0 radical (unpaired) electrons. The van der Waals surface area contributed by atoms with Gasteiger partial charge < -0.3 is 20.3 Å². The van der Waals surface area contributed by atoms with Crippen LogP contribution in [0.15, 0.2) is 48.6 Å². The van der Waals surface area contributed by atoms with Gasteiger partial charge in [0.2, 0.25) is 5.91 Å². The lowest BCUT2D eigenvalue weighted by atomic mass is 10.0. The third kappa shape index (κ3) is 53.2. The zero-order chi connectivity index (χ0) is 49.3. The van der Waals surface area contributed by atoms with Gasteiger partial charge in [0, 0.05) is 12.8 Å². The molecule has 0 spiro atoms. The number of nitrogens with one attached hydrogen (secondary N) is 1. The minimum atomic E-state index is -0.856. The highest BCUT2D eigenvalue weighted by atomic mass is 16.5. The lowest BCUT2D eigenvalue weighted by molar-refractivity contribution is -0.143. The average Bonchev–Trinajstić information content (AvgIpc) is 3.34. The van der Waals surface area contributed by atoms with Crippen molar-refractivity contribution < 1.29 is 24.5 Å². The van der Waals surface area contributed by atoms with Crippen molar-refractivity contribution in [3.63, 3.8) is 0 Å². The summed E-state index contributed by atoms with van der Waals surface area (Å²) in [6.07, 6.45) is 72.8. The molecule has 2 atom stereocenters. The summed E-state index contributed by atoms with van der Waals surface area (Å²) in [6.45, 7) is 4.86. The number of ether oxygens (including phenoxy) is 1. The van der Waals surface area contributed by atoms with E-state index in [1.54, 1.807) is 6.08 Å². The normalized spacial score (nSPS) is 12.9. The number of aliphatic hydroxyl groups is 2. The highest BCUT2D eigenvalue weighted by molar-refractivity contribution is 5.76. The SMILES string of the molecule is CCCCCCCCC/C=C\CCCCCCCCCC(=O)OCCCCC/C=C\C/C=C\CCCCCCCCCC(=O)NC(CO)C(O)/C=C/CCCCCCCCCCCCCCCC. The second-order valence-corrected chi connectivity index (χ2v) is 20.3. The van der Waals surface area contributed by atoms with Crippen LogP contribution in [0.5, 0.6) is 0 Å². The standard InChI is InChI=1S/C62H115NO5/c1-3-5-7-9-11-13-15-17-19-21-24-28-32-36-40-44-48-52-56-62(67)68-57-53-49-45-41-37-33-29-25-22-23-27-31-35-39-43-47-51-55-61(66)63-59(58-64)60(65)54-50-46-42-38-34-30-26-20-18-16-14-12-10-8-6-4-2/h19,21-22,25,33,37,50,54,59-60,64-65H,3-18,20,23-24,26-32,34-36,38-49,51-53,55-58H2,1-2H3,(H,63,66)/b21-19-,25-22-,37-33-,54-50+. The molecule has 0 bridgehead atoms. The molecule has 0 rings (SSSR count). The summed E-state index contributed by atoms with van der Waals surface area (Å²) < 4.78 is 5.46. The maximum atomic E-state index is 12.5. The number of unbranched alkanes of at least 4 members (excludes halogenated alkanes) is 38. The predicted octanol–water partition coefficient (Wildman–Crippen LogP) is 18.6. The van der Waals surface area contributed by atoms with Gasteiger partial charge in [0.1, 0.15) is 0 Å². The van der Waals surface area contributed by atoms with Crippen molar-refractivity contribution in [2.45, 2.75) is 321 Å². The van der Waals surface area contributed by atoms with Crippen LogP contribution in [-0.4, -0.2) is 47.4 Å². The van der Waals surface area contributed by atoms with Crippen LogP contribution in [0.2, 0.25) is 0 Å². The number of hydrogen-bond donors (Lipinski definition) is 3. The van der Waals surface area contributed by atoms with Crippen molar-refractivity contribution in [2.75, 3.05) is 13.2 Å². The van der Waals surface area contributed by atoms with Gasteiger partial charge in [0.25, 0.3) is 0 Å². The van der Waals surface area contributed by atoms with Crippen LogP contribution < -0.4 is 5.32 Å². The van der Waals surface area contributed by atoms with Crippen molar-refractivity contribution in [1.82, 2.24) is 5.32 Å². The number of allylic oxidation sites excluding steroid dienone is 7. The van der Waals surface area contributed by atoms with E-state index in [0.29, 0.717) is 19.4 Å². The first kappa shape index (κ1) is 65.8. The fourth-order valence-corrected chi connectivity index (χ4v) is 8.95. The van der Waals surface area contributed by atoms with E-state index in [2.05, 4.69) is 55.6 Å². The van der Waals surface area contributed by atoms with Gasteiger partial charge in [0.05, 0.1) is 25.4 Å². The lowest BCUT2D eigenvalue weighted by Gasteiger charge is -2.20. The Hall–Kier alpha value is -2.18. The molecule has 0 aliphatic carbocycles. The fourth-order valence-electron chi connectivity index (χ4n) is 8.95. The molecule has 6 heteroatoms. The summed E-state index contributed by atoms with van der Waals surface area (Å²) in [5.74, 6) is -0.103. The Labute approximate surface area is 423 Å². The monoisotopic (exact) mass is 954 g/mol. The van der Waals surface area contributed by atoms with Gasteiger partial charge in [-0.2, -0.15) is 0 Å². The number of hydrogen-bond acceptors (Lipinski definition) is 5. The van der Waals surface area contributed by atoms with Crippen LogP contribution in [0.4, 0.5) is 0 Å².